The van der Waals surface area contributed by atoms with E-state index in [9.17, 15) is 18.0 Å². The van der Waals surface area contributed by atoms with Gasteiger partial charge in [0.05, 0.1) is 17.7 Å². The number of carbonyl (C=O) groups excluding carboxylic acids is 2. The Morgan fingerprint density at radius 2 is 1.48 bits per heavy atom. The van der Waals surface area contributed by atoms with Crippen molar-refractivity contribution in [3.8, 4) is 5.75 Å². The summed E-state index contributed by atoms with van der Waals surface area (Å²) in [6, 6.07) is 21.4. The minimum Gasteiger partial charge on any atom is -0.497 e. The molecule has 0 saturated heterocycles. The molecule has 0 aliphatic heterocycles. The molecule has 9 heteroatoms. The topological polar surface area (TPSA) is 96.0 Å². The molecule has 3 rings (SSSR count). The van der Waals surface area contributed by atoms with Crippen molar-refractivity contribution in [3.63, 3.8) is 0 Å². The van der Waals surface area contributed by atoms with E-state index in [2.05, 4.69) is 5.32 Å². The van der Waals surface area contributed by atoms with Gasteiger partial charge in [-0.25, -0.2) is 8.42 Å². The molecule has 2 unspecified atom stereocenters. The van der Waals surface area contributed by atoms with Crippen LogP contribution in [0.5, 0.6) is 5.75 Å². The third kappa shape index (κ3) is 7.63. The maximum atomic E-state index is 14.0. The zero-order chi connectivity index (χ0) is 29.3. The Morgan fingerprint density at radius 3 is 2.02 bits per heavy atom. The second-order valence-corrected chi connectivity index (χ2v) is 11.6. The molecule has 0 aliphatic rings. The Kier molecular flexibility index (Phi) is 10.7. The number of methoxy groups -OCH3 is 1. The molecule has 0 bridgehead atoms. The first kappa shape index (κ1) is 30.7. The third-order valence-electron chi connectivity index (χ3n) is 6.92. The number of amides is 2. The predicted molar refractivity (Wildman–Crippen MR) is 158 cm³/mol. The average molecular weight is 566 g/mol. The van der Waals surface area contributed by atoms with E-state index in [1.54, 1.807) is 56.5 Å². The van der Waals surface area contributed by atoms with E-state index in [0.29, 0.717) is 11.4 Å². The van der Waals surface area contributed by atoms with Crippen LogP contribution in [-0.2, 0) is 32.6 Å². The van der Waals surface area contributed by atoms with Crippen molar-refractivity contribution < 1.29 is 22.7 Å². The van der Waals surface area contributed by atoms with E-state index in [0.717, 1.165) is 28.3 Å². The van der Waals surface area contributed by atoms with Gasteiger partial charge in [0.25, 0.3) is 10.0 Å². The Balaban J connectivity index is 2.01. The van der Waals surface area contributed by atoms with Gasteiger partial charge in [-0.3, -0.25) is 13.9 Å². The van der Waals surface area contributed by atoms with Crippen molar-refractivity contribution in [1.82, 2.24) is 10.2 Å². The number of rotatable bonds is 13. The Hall–Kier alpha value is -3.85. The summed E-state index contributed by atoms with van der Waals surface area (Å²) in [6.45, 7) is 7.18. The Labute approximate surface area is 238 Å². The van der Waals surface area contributed by atoms with Gasteiger partial charge in [-0.2, -0.15) is 0 Å². The maximum Gasteiger partial charge on any atom is 0.264 e. The standard InChI is InChI=1S/C31H39N3O5S/c1-6-23(3)32-31(36)24(4)33(21-26-15-19-28(39-5)20-16-26)30(35)22-34(27-17-13-25(7-2)14-18-27)40(37,38)29-11-9-8-10-12-29/h8-20,23-24H,6-7,21-22H2,1-5H3,(H,32,36). The lowest BCUT2D eigenvalue weighted by molar-refractivity contribution is -0.139. The molecule has 0 radical (unpaired) electrons. The normalized spacial score (nSPS) is 12.7. The van der Waals surface area contributed by atoms with Crippen LogP contribution >= 0.6 is 0 Å². The van der Waals surface area contributed by atoms with Crippen LogP contribution in [0.3, 0.4) is 0 Å². The number of carbonyl (C=O) groups is 2. The molecular weight excluding hydrogens is 526 g/mol. The van der Waals surface area contributed by atoms with Gasteiger partial charge in [-0.05, 0) is 74.2 Å². The monoisotopic (exact) mass is 565 g/mol. The van der Waals surface area contributed by atoms with Crippen molar-refractivity contribution >= 4 is 27.5 Å². The fourth-order valence-corrected chi connectivity index (χ4v) is 5.56. The van der Waals surface area contributed by atoms with E-state index in [-0.39, 0.29) is 23.4 Å². The molecule has 8 nitrogen and oxygen atoms in total. The van der Waals surface area contributed by atoms with Crippen LogP contribution in [0.1, 0.15) is 45.2 Å². The molecule has 3 aromatic rings. The number of anilines is 1. The van der Waals surface area contributed by atoms with Gasteiger partial charge in [-0.15, -0.1) is 0 Å². The predicted octanol–water partition coefficient (Wildman–Crippen LogP) is 4.78. The molecule has 0 aromatic heterocycles. The number of sulfonamides is 1. The number of ether oxygens (including phenoxy) is 1. The summed E-state index contributed by atoms with van der Waals surface area (Å²) in [5, 5.41) is 2.94. The molecule has 1 N–H and O–H groups in total. The lowest BCUT2D eigenvalue weighted by Gasteiger charge is -2.32. The van der Waals surface area contributed by atoms with Crippen LogP contribution in [0.4, 0.5) is 5.69 Å². The number of aryl methyl sites for hydroxylation is 1. The van der Waals surface area contributed by atoms with E-state index in [4.69, 9.17) is 4.74 Å². The van der Waals surface area contributed by atoms with Gasteiger partial charge in [-0.1, -0.05) is 56.3 Å². The maximum absolute atomic E-state index is 14.0. The molecule has 2 amide bonds. The molecule has 0 spiro atoms. The van der Waals surface area contributed by atoms with Crippen LogP contribution in [0, 0.1) is 0 Å². The quantitative estimate of drug-likeness (QED) is 0.322. The fourth-order valence-electron chi connectivity index (χ4n) is 4.12. The fraction of sp³-hybridized carbons (Fsp3) is 0.355. The lowest BCUT2D eigenvalue weighted by atomic mass is 10.1. The summed E-state index contributed by atoms with van der Waals surface area (Å²) in [6.07, 6.45) is 1.53. The zero-order valence-electron chi connectivity index (χ0n) is 23.8. The molecular formula is C31H39N3O5S. The SMILES string of the molecule is CCc1ccc(N(CC(=O)N(Cc2ccc(OC)cc2)C(C)C(=O)NC(C)CC)S(=O)(=O)c2ccccc2)cc1. The van der Waals surface area contributed by atoms with Crippen molar-refractivity contribution in [3.05, 3.63) is 90.0 Å². The minimum absolute atomic E-state index is 0.0695. The molecule has 0 aliphatic carbocycles. The third-order valence-corrected chi connectivity index (χ3v) is 8.71. The summed E-state index contributed by atoms with van der Waals surface area (Å²) >= 11 is 0. The van der Waals surface area contributed by atoms with E-state index < -0.39 is 28.5 Å². The number of hydrogen-bond acceptors (Lipinski definition) is 5. The average Bonchev–Trinajstić information content (AvgIpc) is 2.98. The van der Waals surface area contributed by atoms with Gasteiger partial charge in [0.15, 0.2) is 0 Å². The highest BCUT2D eigenvalue weighted by Gasteiger charge is 2.32. The molecule has 0 fully saturated rings. The van der Waals surface area contributed by atoms with E-state index in [1.807, 2.05) is 45.0 Å². The zero-order valence-corrected chi connectivity index (χ0v) is 24.6. The highest BCUT2D eigenvalue weighted by molar-refractivity contribution is 7.92. The Morgan fingerprint density at radius 1 is 0.875 bits per heavy atom. The van der Waals surface area contributed by atoms with Gasteiger partial charge >= 0.3 is 0 Å². The molecule has 0 heterocycles. The van der Waals surface area contributed by atoms with Gasteiger partial charge < -0.3 is 15.0 Å². The summed E-state index contributed by atoms with van der Waals surface area (Å²) in [4.78, 5) is 28.6. The smallest absolute Gasteiger partial charge is 0.264 e. The van der Waals surface area contributed by atoms with Crippen LogP contribution in [0.25, 0.3) is 0 Å². The first-order valence-electron chi connectivity index (χ1n) is 13.5. The summed E-state index contributed by atoms with van der Waals surface area (Å²) < 4.78 is 34.0. The second-order valence-electron chi connectivity index (χ2n) is 9.71. The summed E-state index contributed by atoms with van der Waals surface area (Å²) in [7, 11) is -2.51. The molecule has 40 heavy (non-hydrogen) atoms. The number of nitrogens with zero attached hydrogens (tertiary/aromatic N) is 2. The lowest BCUT2D eigenvalue weighted by Crippen LogP contribution is -2.52. The van der Waals surface area contributed by atoms with E-state index >= 15 is 0 Å². The minimum atomic E-state index is -4.08. The summed E-state index contributed by atoms with van der Waals surface area (Å²) in [5.74, 6) is -0.137. The van der Waals surface area contributed by atoms with Gasteiger partial charge in [0.1, 0.15) is 18.3 Å². The number of hydrogen-bond donors (Lipinski definition) is 1. The highest BCUT2D eigenvalue weighted by Crippen LogP contribution is 2.25. The number of nitrogens with one attached hydrogen (secondary N) is 1. The van der Waals surface area contributed by atoms with Crippen molar-refractivity contribution in [1.29, 1.82) is 0 Å². The van der Waals surface area contributed by atoms with Crippen molar-refractivity contribution in [2.24, 2.45) is 0 Å². The summed E-state index contributed by atoms with van der Waals surface area (Å²) in [5.41, 5.74) is 2.20. The second kappa shape index (κ2) is 14.0. The molecule has 3 aromatic carbocycles. The largest absolute Gasteiger partial charge is 0.497 e. The van der Waals surface area contributed by atoms with Crippen LogP contribution < -0.4 is 14.4 Å². The molecule has 2 atom stereocenters. The number of benzene rings is 3. The van der Waals surface area contributed by atoms with Crippen LogP contribution in [-0.4, -0.2) is 50.9 Å². The van der Waals surface area contributed by atoms with E-state index in [1.165, 1.54) is 17.0 Å². The van der Waals surface area contributed by atoms with Crippen molar-refractivity contribution in [2.45, 2.75) is 64.1 Å². The molecule has 0 saturated carbocycles. The highest BCUT2D eigenvalue weighted by atomic mass is 32.2. The molecule has 214 valence electrons. The van der Waals surface area contributed by atoms with Crippen molar-refractivity contribution in [2.75, 3.05) is 18.0 Å². The van der Waals surface area contributed by atoms with Crippen LogP contribution in [0.15, 0.2) is 83.8 Å². The Bertz CT molecular complexity index is 1360. The van der Waals surface area contributed by atoms with Gasteiger partial charge in [0.2, 0.25) is 11.8 Å². The van der Waals surface area contributed by atoms with Crippen LogP contribution in [0.2, 0.25) is 0 Å². The first-order valence-corrected chi connectivity index (χ1v) is 14.9. The van der Waals surface area contributed by atoms with Gasteiger partial charge in [0, 0.05) is 12.6 Å². The first-order chi connectivity index (χ1) is 19.1.